The number of benzene rings is 1. The first kappa shape index (κ1) is 39.3. The van der Waals surface area contributed by atoms with Crippen LogP contribution in [0.4, 0.5) is 4.79 Å². The normalized spacial score (nSPS) is 22.9. The van der Waals surface area contributed by atoms with Gasteiger partial charge in [0.15, 0.2) is 0 Å². The van der Waals surface area contributed by atoms with E-state index in [1.54, 1.807) is 33.8 Å². The Morgan fingerprint density at radius 2 is 1.63 bits per heavy atom. The molecule has 2 saturated carbocycles. The summed E-state index contributed by atoms with van der Waals surface area (Å²) in [6.07, 6.45) is 8.88. The van der Waals surface area contributed by atoms with Gasteiger partial charge in [0, 0.05) is 57.3 Å². The molecule has 1 aromatic carbocycles. The minimum atomic E-state index is -1.08. The summed E-state index contributed by atoms with van der Waals surface area (Å²) in [5.41, 5.74) is 0.00155. The van der Waals surface area contributed by atoms with Gasteiger partial charge in [0.1, 0.15) is 11.6 Å². The Balaban J connectivity index is 1.22. The van der Waals surface area contributed by atoms with Gasteiger partial charge >= 0.3 is 6.09 Å². The monoisotopic (exact) mass is 745 g/mol. The summed E-state index contributed by atoms with van der Waals surface area (Å²) >= 11 is 0. The van der Waals surface area contributed by atoms with Crippen LogP contribution in [0.15, 0.2) is 42.7 Å². The first-order valence-corrected chi connectivity index (χ1v) is 19.7. The molecule has 54 heavy (non-hydrogen) atoms. The van der Waals surface area contributed by atoms with E-state index in [-0.39, 0.29) is 48.1 Å². The van der Waals surface area contributed by atoms with Gasteiger partial charge < -0.3 is 30.1 Å². The van der Waals surface area contributed by atoms with E-state index >= 15 is 0 Å². The van der Waals surface area contributed by atoms with E-state index < -0.39 is 41.0 Å². The first-order chi connectivity index (χ1) is 25.5. The third-order valence-electron chi connectivity index (χ3n) is 12.1. The lowest BCUT2D eigenvalue weighted by Crippen LogP contribution is -2.66. The first-order valence-electron chi connectivity index (χ1n) is 19.7. The van der Waals surface area contributed by atoms with Gasteiger partial charge in [0.25, 0.3) is 5.91 Å². The highest BCUT2D eigenvalue weighted by atomic mass is 16.6. The molecule has 2 aliphatic heterocycles. The number of aromatic nitrogens is 2. The smallest absolute Gasteiger partial charge is 0.410 e. The van der Waals surface area contributed by atoms with Gasteiger partial charge in [-0.05, 0) is 63.9 Å². The minimum absolute atomic E-state index is 0.0390. The zero-order chi connectivity index (χ0) is 39.0. The average molecular weight is 746 g/mol. The second-order valence-corrected chi connectivity index (χ2v) is 17.9. The predicted octanol–water partition coefficient (Wildman–Crippen LogP) is 4.31. The van der Waals surface area contributed by atoms with E-state index in [0.29, 0.717) is 31.7 Å². The molecular formula is C41H59N7O6. The Kier molecular flexibility index (Phi) is 11.2. The topological polar surface area (TPSA) is 146 Å². The summed E-state index contributed by atoms with van der Waals surface area (Å²) in [6, 6.07) is 8.05. The van der Waals surface area contributed by atoms with Crippen molar-refractivity contribution in [2.24, 2.45) is 28.6 Å². The van der Waals surface area contributed by atoms with Crippen LogP contribution in [0.1, 0.15) is 96.0 Å². The Hall–Kier alpha value is -4.42. The maximum absolute atomic E-state index is 14.6. The van der Waals surface area contributed by atoms with Crippen LogP contribution in [0.25, 0.3) is 0 Å². The third kappa shape index (κ3) is 8.60. The van der Waals surface area contributed by atoms with Crippen molar-refractivity contribution in [1.29, 1.82) is 0 Å². The summed E-state index contributed by atoms with van der Waals surface area (Å²) in [5, 5.41) is 10.2. The van der Waals surface area contributed by atoms with Crippen LogP contribution in [0.3, 0.4) is 0 Å². The SMILES string of the molecule is CNC(=O)[C@@H](NC(=O)[C@@H]1CN(C(=O)c2cnn(Cc3ccccc3)c2)CC12CN(C(=O)[C@H]1CC1(C)C)C2)[C@@H](C)N(CC1CCCCC1)C(=O)OC(C)(C)C. The van der Waals surface area contributed by atoms with Crippen molar-refractivity contribution in [2.45, 2.75) is 104 Å². The number of hydrogen-bond acceptors (Lipinski definition) is 7. The molecule has 0 bridgehead atoms. The number of carbonyl (C=O) groups excluding carboxylic acids is 5. The maximum atomic E-state index is 14.6. The number of likely N-dealkylation sites (N-methyl/N-ethyl adjacent to an activating group) is 1. The fourth-order valence-corrected chi connectivity index (χ4v) is 8.67. The van der Waals surface area contributed by atoms with Gasteiger partial charge in [-0.2, -0.15) is 5.10 Å². The van der Waals surface area contributed by atoms with Crippen molar-refractivity contribution in [2.75, 3.05) is 39.8 Å². The van der Waals surface area contributed by atoms with Crippen molar-refractivity contribution < 1.29 is 28.7 Å². The molecule has 13 heteroatoms. The standard InChI is InChI=1S/C41H59N7O6/c1-27(48(38(53)54-39(2,3)4)21-29-16-12-9-13-17-29)33(35(50)42-7)44-34(49)32-23-45(24-41(32)25-46(26-41)37(52)31-18-40(31,5)6)36(51)30-19-43-47(22-30)20-28-14-10-8-11-15-28/h8,10-11,14-15,19,22,27,29,31-33H,9,12-13,16-18,20-21,23-26H2,1-7H3,(H,42,50)(H,44,49)/t27-,31-,32+,33+/m1/s1. The highest BCUT2D eigenvalue weighted by Gasteiger charge is 2.62. The van der Waals surface area contributed by atoms with Crippen molar-refractivity contribution in [1.82, 2.24) is 35.1 Å². The number of amides is 5. The molecule has 6 rings (SSSR count). The van der Waals surface area contributed by atoms with Crippen LogP contribution in [0.5, 0.6) is 0 Å². The number of rotatable bonds is 11. The number of likely N-dealkylation sites (tertiary alicyclic amines) is 2. The van der Waals surface area contributed by atoms with Gasteiger partial charge in [-0.25, -0.2) is 4.79 Å². The second-order valence-electron chi connectivity index (χ2n) is 17.9. The van der Waals surface area contributed by atoms with E-state index in [9.17, 15) is 24.0 Å². The molecule has 2 aromatic rings. The van der Waals surface area contributed by atoms with E-state index in [4.69, 9.17) is 4.74 Å². The maximum Gasteiger partial charge on any atom is 0.410 e. The van der Waals surface area contributed by atoms with Gasteiger partial charge in [0.05, 0.1) is 30.3 Å². The average Bonchev–Trinajstić information content (AvgIpc) is 3.41. The zero-order valence-electron chi connectivity index (χ0n) is 33.1. The molecule has 4 atom stereocenters. The van der Waals surface area contributed by atoms with Gasteiger partial charge in [-0.15, -0.1) is 0 Å². The highest BCUT2D eigenvalue weighted by Crippen LogP contribution is 2.54. The molecule has 294 valence electrons. The van der Waals surface area contributed by atoms with Crippen molar-refractivity contribution in [3.63, 3.8) is 0 Å². The molecule has 2 saturated heterocycles. The minimum Gasteiger partial charge on any atom is -0.444 e. The van der Waals surface area contributed by atoms with E-state index in [1.807, 2.05) is 56.0 Å². The van der Waals surface area contributed by atoms with Gasteiger partial charge in [-0.3, -0.25) is 23.9 Å². The number of carbonyl (C=O) groups is 5. The second kappa shape index (κ2) is 15.4. The Labute approximate surface area is 319 Å². The molecule has 0 radical (unpaired) electrons. The van der Waals surface area contributed by atoms with Crippen LogP contribution < -0.4 is 10.6 Å². The predicted molar refractivity (Wildman–Crippen MR) is 203 cm³/mol. The largest absolute Gasteiger partial charge is 0.444 e. The lowest BCUT2D eigenvalue weighted by Gasteiger charge is -2.50. The molecule has 4 aliphatic rings. The third-order valence-corrected chi connectivity index (χ3v) is 12.1. The lowest BCUT2D eigenvalue weighted by molar-refractivity contribution is -0.152. The van der Waals surface area contributed by atoms with Crippen LogP contribution in [0, 0.1) is 28.6 Å². The quantitative estimate of drug-likeness (QED) is 0.349. The van der Waals surface area contributed by atoms with E-state index in [2.05, 4.69) is 29.6 Å². The molecule has 1 aromatic heterocycles. The van der Waals surface area contributed by atoms with E-state index in [1.165, 1.54) is 7.05 Å². The number of ether oxygens (including phenoxy) is 1. The van der Waals surface area contributed by atoms with E-state index in [0.717, 1.165) is 44.1 Å². The summed E-state index contributed by atoms with van der Waals surface area (Å²) < 4.78 is 7.56. The number of nitrogens with one attached hydrogen (secondary N) is 2. The molecule has 13 nitrogen and oxygen atoms in total. The lowest BCUT2D eigenvalue weighted by atomic mass is 9.70. The molecule has 2 N–H and O–H groups in total. The number of hydrogen-bond donors (Lipinski definition) is 2. The summed E-state index contributed by atoms with van der Waals surface area (Å²) in [6.45, 7) is 13.4. The summed E-state index contributed by atoms with van der Waals surface area (Å²) in [4.78, 5) is 74.4. The molecule has 1 spiro atoms. The van der Waals surface area contributed by atoms with Crippen molar-refractivity contribution in [3.8, 4) is 0 Å². The molecule has 4 fully saturated rings. The Morgan fingerprint density at radius 1 is 0.981 bits per heavy atom. The Morgan fingerprint density at radius 3 is 2.24 bits per heavy atom. The van der Waals surface area contributed by atoms with Crippen LogP contribution >= 0.6 is 0 Å². The zero-order valence-corrected chi connectivity index (χ0v) is 33.1. The molecule has 2 aliphatic carbocycles. The van der Waals surface area contributed by atoms with Gasteiger partial charge in [-0.1, -0.05) is 63.4 Å². The molecule has 0 unspecified atom stereocenters. The van der Waals surface area contributed by atoms with Crippen molar-refractivity contribution >= 4 is 29.7 Å². The highest BCUT2D eigenvalue weighted by molar-refractivity contribution is 5.96. The van der Waals surface area contributed by atoms with Crippen LogP contribution in [-0.4, -0.2) is 112 Å². The van der Waals surface area contributed by atoms with Crippen LogP contribution in [0.2, 0.25) is 0 Å². The summed E-state index contributed by atoms with van der Waals surface area (Å²) in [7, 11) is 1.51. The number of nitrogens with zero attached hydrogens (tertiary/aromatic N) is 5. The fraction of sp³-hybridized carbons (Fsp3) is 0.659. The van der Waals surface area contributed by atoms with Gasteiger partial charge in [0.2, 0.25) is 17.7 Å². The molecule has 5 amide bonds. The molecule has 3 heterocycles. The summed E-state index contributed by atoms with van der Waals surface area (Å²) in [5.74, 6) is -1.44. The molecular weight excluding hydrogens is 686 g/mol. The fourth-order valence-electron chi connectivity index (χ4n) is 8.67. The van der Waals surface area contributed by atoms with Crippen LogP contribution in [-0.2, 0) is 25.7 Å². The Bertz CT molecular complexity index is 1710. The van der Waals surface area contributed by atoms with Crippen molar-refractivity contribution in [3.05, 3.63) is 53.9 Å².